The van der Waals surface area contributed by atoms with Gasteiger partial charge in [0.1, 0.15) is 0 Å². The fourth-order valence-corrected chi connectivity index (χ4v) is 1.68. The Hall–Kier alpha value is -0.860. The van der Waals surface area contributed by atoms with Gasteiger partial charge in [-0.2, -0.15) is 0 Å². The van der Waals surface area contributed by atoms with Gasteiger partial charge in [0.25, 0.3) is 0 Å². The van der Waals surface area contributed by atoms with E-state index < -0.39 is 0 Å². The molecule has 0 radical (unpaired) electrons. The van der Waals surface area contributed by atoms with E-state index in [1.165, 1.54) is 24.2 Å². The van der Waals surface area contributed by atoms with Crippen molar-refractivity contribution < 1.29 is 0 Å². The molecular formula is C12H23N3. The third-order valence-corrected chi connectivity index (χ3v) is 2.49. The first-order valence-electron chi connectivity index (χ1n) is 5.81. The van der Waals surface area contributed by atoms with E-state index in [4.69, 9.17) is 0 Å². The van der Waals surface area contributed by atoms with Gasteiger partial charge in [0.15, 0.2) is 0 Å². The van der Waals surface area contributed by atoms with Crippen molar-refractivity contribution in [3.05, 3.63) is 11.4 Å². The molecule has 0 aliphatic carbocycles. The van der Waals surface area contributed by atoms with Crippen LogP contribution >= 0.6 is 0 Å². The minimum Gasteiger partial charge on any atom is -0.252 e. The Balaban J connectivity index is 2.80. The molecular weight excluding hydrogens is 186 g/mol. The van der Waals surface area contributed by atoms with Crippen molar-refractivity contribution in [2.45, 2.75) is 53.4 Å². The Labute approximate surface area is 92.9 Å². The summed E-state index contributed by atoms with van der Waals surface area (Å²) in [6, 6.07) is 0. The van der Waals surface area contributed by atoms with Crippen molar-refractivity contribution >= 4 is 0 Å². The van der Waals surface area contributed by atoms with Gasteiger partial charge in [-0.05, 0) is 24.7 Å². The first-order valence-corrected chi connectivity index (χ1v) is 5.81. The van der Waals surface area contributed by atoms with Crippen LogP contribution in [0.25, 0.3) is 0 Å². The number of aromatic nitrogens is 3. The molecule has 86 valence electrons. The van der Waals surface area contributed by atoms with Gasteiger partial charge >= 0.3 is 0 Å². The van der Waals surface area contributed by atoms with Crippen molar-refractivity contribution in [1.82, 2.24) is 15.0 Å². The standard InChI is InChI=1S/C12H23N3/c1-6-7-8-10-11(9-12(2,3)4)15(5)14-13-10/h6-9H2,1-5H3. The lowest BCUT2D eigenvalue weighted by atomic mass is 9.89. The van der Waals surface area contributed by atoms with Gasteiger partial charge in [0.2, 0.25) is 0 Å². The number of unbranched alkanes of at least 4 members (excludes halogenated alkanes) is 1. The van der Waals surface area contributed by atoms with Crippen molar-refractivity contribution in [2.75, 3.05) is 0 Å². The first-order chi connectivity index (χ1) is 6.94. The third-order valence-electron chi connectivity index (χ3n) is 2.49. The van der Waals surface area contributed by atoms with Crippen LogP contribution < -0.4 is 0 Å². The van der Waals surface area contributed by atoms with E-state index in [2.05, 4.69) is 38.0 Å². The summed E-state index contributed by atoms with van der Waals surface area (Å²) in [4.78, 5) is 0. The molecule has 0 unspecified atom stereocenters. The molecule has 0 aromatic carbocycles. The minimum atomic E-state index is 0.302. The van der Waals surface area contributed by atoms with Gasteiger partial charge < -0.3 is 0 Å². The van der Waals surface area contributed by atoms with Crippen LogP contribution in [0.15, 0.2) is 0 Å². The van der Waals surface area contributed by atoms with Crippen LogP contribution in [-0.2, 0) is 19.9 Å². The summed E-state index contributed by atoms with van der Waals surface area (Å²) >= 11 is 0. The third kappa shape index (κ3) is 3.65. The second kappa shape index (κ2) is 4.77. The fraction of sp³-hybridized carbons (Fsp3) is 0.833. The molecule has 15 heavy (non-hydrogen) atoms. The number of nitrogens with zero attached hydrogens (tertiary/aromatic N) is 3. The summed E-state index contributed by atoms with van der Waals surface area (Å²) in [5.74, 6) is 0. The zero-order valence-electron chi connectivity index (χ0n) is 10.7. The van der Waals surface area contributed by atoms with Crippen LogP contribution in [0, 0.1) is 5.41 Å². The predicted octanol–water partition coefficient (Wildman–Crippen LogP) is 2.75. The van der Waals surface area contributed by atoms with Crippen molar-refractivity contribution in [2.24, 2.45) is 12.5 Å². The van der Waals surface area contributed by atoms with Crippen molar-refractivity contribution in [1.29, 1.82) is 0 Å². The highest BCUT2D eigenvalue weighted by atomic mass is 15.4. The second-order valence-electron chi connectivity index (χ2n) is 5.45. The van der Waals surface area contributed by atoms with Gasteiger partial charge in [0.05, 0.1) is 11.4 Å². The van der Waals surface area contributed by atoms with E-state index in [9.17, 15) is 0 Å². The average Bonchev–Trinajstić information content (AvgIpc) is 2.43. The number of hydrogen-bond acceptors (Lipinski definition) is 2. The summed E-state index contributed by atoms with van der Waals surface area (Å²) in [5, 5.41) is 8.37. The summed E-state index contributed by atoms with van der Waals surface area (Å²) in [7, 11) is 1.99. The quantitative estimate of drug-likeness (QED) is 0.763. The highest BCUT2D eigenvalue weighted by molar-refractivity contribution is 5.11. The lowest BCUT2D eigenvalue weighted by molar-refractivity contribution is 0.396. The first kappa shape index (κ1) is 12.2. The molecule has 0 bridgehead atoms. The molecule has 1 heterocycles. The molecule has 0 saturated heterocycles. The number of aryl methyl sites for hydroxylation is 2. The molecule has 0 amide bonds. The van der Waals surface area contributed by atoms with Gasteiger partial charge in [-0.15, -0.1) is 5.10 Å². The molecule has 0 aliphatic heterocycles. The molecule has 1 rings (SSSR count). The molecule has 3 heteroatoms. The van der Waals surface area contributed by atoms with Crippen LogP contribution in [0.4, 0.5) is 0 Å². The Morgan fingerprint density at radius 3 is 2.47 bits per heavy atom. The maximum absolute atomic E-state index is 4.25. The van der Waals surface area contributed by atoms with E-state index in [-0.39, 0.29) is 0 Å². The highest BCUT2D eigenvalue weighted by Crippen LogP contribution is 2.22. The topological polar surface area (TPSA) is 30.7 Å². The zero-order chi connectivity index (χ0) is 11.5. The largest absolute Gasteiger partial charge is 0.252 e. The molecule has 0 atom stereocenters. The Kier molecular flexibility index (Phi) is 3.89. The smallest absolute Gasteiger partial charge is 0.0859 e. The summed E-state index contributed by atoms with van der Waals surface area (Å²) in [5.41, 5.74) is 2.79. The van der Waals surface area contributed by atoms with E-state index >= 15 is 0 Å². The molecule has 0 spiro atoms. The Morgan fingerprint density at radius 1 is 1.27 bits per heavy atom. The van der Waals surface area contributed by atoms with Gasteiger partial charge in [-0.25, -0.2) is 0 Å². The van der Waals surface area contributed by atoms with Crippen LogP contribution in [0.2, 0.25) is 0 Å². The van der Waals surface area contributed by atoms with Crippen LogP contribution in [0.1, 0.15) is 51.9 Å². The normalized spacial score (nSPS) is 12.1. The predicted molar refractivity (Wildman–Crippen MR) is 62.8 cm³/mol. The van der Waals surface area contributed by atoms with Gasteiger partial charge in [-0.3, -0.25) is 4.68 Å². The second-order valence-corrected chi connectivity index (χ2v) is 5.45. The van der Waals surface area contributed by atoms with E-state index in [1.807, 2.05) is 11.7 Å². The maximum Gasteiger partial charge on any atom is 0.0859 e. The molecule has 0 N–H and O–H groups in total. The van der Waals surface area contributed by atoms with Gasteiger partial charge in [0, 0.05) is 7.05 Å². The molecule has 0 fully saturated rings. The van der Waals surface area contributed by atoms with E-state index in [1.54, 1.807) is 0 Å². The SMILES string of the molecule is CCCCc1nnn(C)c1CC(C)(C)C. The summed E-state index contributed by atoms with van der Waals surface area (Å²) in [6.45, 7) is 8.97. The monoisotopic (exact) mass is 209 g/mol. The van der Waals surface area contributed by atoms with Crippen LogP contribution in [0.5, 0.6) is 0 Å². The highest BCUT2D eigenvalue weighted by Gasteiger charge is 2.18. The fourth-order valence-electron chi connectivity index (χ4n) is 1.68. The number of hydrogen-bond donors (Lipinski definition) is 0. The number of rotatable bonds is 4. The summed E-state index contributed by atoms with van der Waals surface area (Å²) < 4.78 is 1.93. The molecule has 0 saturated carbocycles. The van der Waals surface area contributed by atoms with Crippen LogP contribution in [0.3, 0.4) is 0 Å². The molecule has 1 aromatic heterocycles. The van der Waals surface area contributed by atoms with Crippen molar-refractivity contribution in [3.63, 3.8) is 0 Å². The van der Waals surface area contributed by atoms with Crippen LogP contribution in [-0.4, -0.2) is 15.0 Å². The minimum absolute atomic E-state index is 0.302. The van der Waals surface area contributed by atoms with E-state index in [0.717, 1.165) is 12.8 Å². The maximum atomic E-state index is 4.25. The summed E-state index contributed by atoms with van der Waals surface area (Å²) in [6.07, 6.45) is 4.53. The zero-order valence-corrected chi connectivity index (χ0v) is 10.7. The van der Waals surface area contributed by atoms with E-state index in [0.29, 0.717) is 5.41 Å². The molecule has 3 nitrogen and oxygen atoms in total. The Morgan fingerprint density at radius 2 is 1.93 bits per heavy atom. The lowest BCUT2D eigenvalue weighted by Crippen LogP contribution is -2.14. The lowest BCUT2D eigenvalue weighted by Gasteiger charge is -2.18. The molecule has 0 aliphatic rings. The van der Waals surface area contributed by atoms with Crippen molar-refractivity contribution in [3.8, 4) is 0 Å². The molecule has 1 aromatic rings. The van der Waals surface area contributed by atoms with Gasteiger partial charge in [-0.1, -0.05) is 39.3 Å². The average molecular weight is 209 g/mol. The Bertz CT molecular complexity index is 307.